The van der Waals surface area contributed by atoms with Gasteiger partial charge in [0.05, 0.1) is 12.5 Å². The van der Waals surface area contributed by atoms with E-state index in [-0.39, 0.29) is 25.3 Å². The van der Waals surface area contributed by atoms with Crippen molar-refractivity contribution in [2.24, 2.45) is 0 Å². The number of ether oxygens (including phenoxy) is 2. The summed E-state index contributed by atoms with van der Waals surface area (Å²) in [5.41, 5.74) is 2.65. The molecule has 0 saturated carbocycles. The molecule has 0 unspecified atom stereocenters. The van der Waals surface area contributed by atoms with Gasteiger partial charge in [-0.15, -0.1) is 0 Å². The minimum atomic E-state index is -0.745. The SMILES string of the molecule is Cc1cc(C)cc(N(CCC#N)C(=O)COC(=O)c2ccc(COc3ccccc3)o2)c1. The third kappa shape index (κ3) is 6.22. The lowest BCUT2D eigenvalue weighted by molar-refractivity contribution is -0.121. The van der Waals surface area contributed by atoms with Gasteiger partial charge in [0.15, 0.2) is 6.61 Å². The number of rotatable bonds is 9. The van der Waals surface area contributed by atoms with E-state index in [2.05, 4.69) is 0 Å². The standard InChI is InChI=1S/C25H24N2O5/c1-18-13-19(2)15-20(14-18)27(12-6-11-26)24(28)17-31-25(29)23-10-9-22(32-23)16-30-21-7-4-3-5-8-21/h3-5,7-10,13-15H,6,12,16-17H2,1-2H3. The normalized spacial score (nSPS) is 10.3. The van der Waals surface area contributed by atoms with Gasteiger partial charge in [-0.3, -0.25) is 4.79 Å². The maximum atomic E-state index is 12.8. The van der Waals surface area contributed by atoms with Crippen molar-refractivity contribution < 1.29 is 23.5 Å². The molecule has 3 rings (SSSR count). The average molecular weight is 432 g/mol. The van der Waals surface area contributed by atoms with E-state index in [1.165, 1.54) is 11.0 Å². The fourth-order valence-electron chi connectivity index (χ4n) is 3.18. The largest absolute Gasteiger partial charge is 0.486 e. The summed E-state index contributed by atoms with van der Waals surface area (Å²) in [4.78, 5) is 26.6. The van der Waals surface area contributed by atoms with Crippen LogP contribution in [0.4, 0.5) is 5.69 Å². The maximum Gasteiger partial charge on any atom is 0.374 e. The smallest absolute Gasteiger partial charge is 0.374 e. The van der Waals surface area contributed by atoms with E-state index >= 15 is 0 Å². The van der Waals surface area contributed by atoms with E-state index in [9.17, 15) is 9.59 Å². The highest BCUT2D eigenvalue weighted by atomic mass is 16.6. The molecule has 1 aromatic heterocycles. The first-order valence-corrected chi connectivity index (χ1v) is 10.2. The molecule has 7 nitrogen and oxygen atoms in total. The van der Waals surface area contributed by atoms with E-state index in [0.29, 0.717) is 17.2 Å². The quantitative estimate of drug-likeness (QED) is 0.460. The van der Waals surface area contributed by atoms with Gasteiger partial charge < -0.3 is 18.8 Å². The molecular formula is C25H24N2O5. The molecule has 0 bridgehead atoms. The molecule has 1 amide bonds. The van der Waals surface area contributed by atoms with Gasteiger partial charge >= 0.3 is 5.97 Å². The summed E-state index contributed by atoms with van der Waals surface area (Å²) in [7, 11) is 0. The molecule has 0 radical (unpaired) electrons. The maximum absolute atomic E-state index is 12.8. The number of anilines is 1. The van der Waals surface area contributed by atoms with Crippen molar-refractivity contribution in [3.05, 3.63) is 83.3 Å². The average Bonchev–Trinajstić information content (AvgIpc) is 3.25. The number of carbonyl (C=O) groups is 2. The number of hydrogen-bond donors (Lipinski definition) is 0. The number of hydrogen-bond acceptors (Lipinski definition) is 6. The monoisotopic (exact) mass is 432 g/mol. The molecule has 1 heterocycles. The van der Waals surface area contributed by atoms with Gasteiger partial charge in [0.1, 0.15) is 18.1 Å². The number of nitrogens with zero attached hydrogens (tertiary/aromatic N) is 2. The van der Waals surface area contributed by atoms with Crippen molar-refractivity contribution in [1.29, 1.82) is 5.26 Å². The Balaban J connectivity index is 1.59. The number of benzene rings is 2. The summed E-state index contributed by atoms with van der Waals surface area (Å²) in [6, 6.07) is 20.1. The van der Waals surface area contributed by atoms with Gasteiger partial charge in [0.25, 0.3) is 5.91 Å². The number of para-hydroxylation sites is 1. The molecule has 2 aromatic carbocycles. The molecule has 0 saturated heterocycles. The number of aryl methyl sites for hydroxylation is 2. The second kappa shape index (κ2) is 10.8. The molecule has 3 aromatic rings. The topological polar surface area (TPSA) is 92.8 Å². The molecule has 0 fully saturated rings. The number of amides is 1. The molecule has 7 heteroatoms. The van der Waals surface area contributed by atoms with Crippen LogP contribution in [0.2, 0.25) is 0 Å². The molecule has 0 aliphatic carbocycles. The Hall–Kier alpha value is -4.05. The van der Waals surface area contributed by atoms with Gasteiger partial charge in [0, 0.05) is 12.2 Å². The van der Waals surface area contributed by atoms with E-state index < -0.39 is 18.5 Å². The molecule has 0 N–H and O–H groups in total. The Morgan fingerprint density at radius 1 is 1.03 bits per heavy atom. The van der Waals surface area contributed by atoms with Crippen molar-refractivity contribution in [1.82, 2.24) is 0 Å². The van der Waals surface area contributed by atoms with Gasteiger partial charge in [-0.2, -0.15) is 5.26 Å². The van der Waals surface area contributed by atoms with Gasteiger partial charge in [-0.05, 0) is 61.4 Å². The minimum Gasteiger partial charge on any atom is -0.486 e. The number of carbonyl (C=O) groups excluding carboxylic acids is 2. The van der Waals surface area contributed by atoms with Gasteiger partial charge in [0.2, 0.25) is 5.76 Å². The van der Waals surface area contributed by atoms with E-state index in [0.717, 1.165) is 11.1 Å². The zero-order valence-corrected chi connectivity index (χ0v) is 18.0. The summed E-state index contributed by atoms with van der Waals surface area (Å²) in [5.74, 6) is -0.0392. The minimum absolute atomic E-state index is 0.0144. The van der Waals surface area contributed by atoms with Crippen molar-refractivity contribution >= 4 is 17.6 Å². The highest BCUT2D eigenvalue weighted by molar-refractivity contribution is 5.96. The predicted octanol–water partition coefficient (Wildman–Crippen LogP) is 4.58. The van der Waals surface area contributed by atoms with Gasteiger partial charge in [-0.25, -0.2) is 4.79 Å². The Morgan fingerprint density at radius 3 is 2.44 bits per heavy atom. The summed E-state index contributed by atoms with van der Waals surface area (Å²) in [6.45, 7) is 3.76. The zero-order valence-electron chi connectivity index (χ0n) is 18.0. The third-order valence-corrected chi connectivity index (χ3v) is 4.58. The van der Waals surface area contributed by atoms with Crippen LogP contribution in [0, 0.1) is 25.2 Å². The molecule has 32 heavy (non-hydrogen) atoms. The number of furan rings is 1. The Kier molecular flexibility index (Phi) is 7.65. The predicted molar refractivity (Wildman–Crippen MR) is 118 cm³/mol. The second-order valence-corrected chi connectivity index (χ2v) is 7.24. The van der Waals surface area contributed by atoms with Crippen LogP contribution >= 0.6 is 0 Å². The molecule has 0 aliphatic rings. The highest BCUT2D eigenvalue weighted by Gasteiger charge is 2.20. The summed E-state index contributed by atoms with van der Waals surface area (Å²) < 4.78 is 16.2. The zero-order chi connectivity index (χ0) is 22.9. The second-order valence-electron chi connectivity index (χ2n) is 7.24. The molecular weight excluding hydrogens is 408 g/mol. The summed E-state index contributed by atoms with van der Waals surface area (Å²) in [5, 5.41) is 8.94. The Bertz CT molecular complexity index is 1090. The number of esters is 1. The molecule has 0 atom stereocenters. The van der Waals surface area contributed by atoms with E-state index in [4.69, 9.17) is 19.2 Å². The van der Waals surface area contributed by atoms with Crippen molar-refractivity contribution in [3.63, 3.8) is 0 Å². The first kappa shape index (κ1) is 22.6. The van der Waals surface area contributed by atoms with Crippen LogP contribution in [0.1, 0.15) is 33.9 Å². The molecule has 164 valence electrons. The Morgan fingerprint density at radius 2 is 1.75 bits per heavy atom. The fraction of sp³-hybridized carbons (Fsp3) is 0.240. The lowest BCUT2D eigenvalue weighted by Crippen LogP contribution is -2.35. The Labute approximate surface area is 186 Å². The lowest BCUT2D eigenvalue weighted by atomic mass is 10.1. The van der Waals surface area contributed by atoms with Crippen LogP contribution in [0.25, 0.3) is 0 Å². The van der Waals surface area contributed by atoms with Crippen LogP contribution in [-0.2, 0) is 16.1 Å². The highest BCUT2D eigenvalue weighted by Crippen LogP contribution is 2.20. The summed E-state index contributed by atoms with van der Waals surface area (Å²) >= 11 is 0. The first-order valence-electron chi connectivity index (χ1n) is 10.2. The third-order valence-electron chi connectivity index (χ3n) is 4.58. The lowest BCUT2D eigenvalue weighted by Gasteiger charge is -2.22. The molecule has 0 aliphatic heterocycles. The van der Waals surface area contributed by atoms with Crippen molar-refractivity contribution in [3.8, 4) is 11.8 Å². The van der Waals surface area contributed by atoms with E-state index in [1.807, 2.05) is 68.4 Å². The summed E-state index contributed by atoms with van der Waals surface area (Å²) in [6.07, 6.45) is 0.162. The van der Waals surface area contributed by atoms with Crippen LogP contribution in [0.15, 0.2) is 65.1 Å². The van der Waals surface area contributed by atoms with Crippen LogP contribution in [0.3, 0.4) is 0 Å². The van der Waals surface area contributed by atoms with Crippen LogP contribution < -0.4 is 9.64 Å². The van der Waals surface area contributed by atoms with Crippen molar-refractivity contribution in [2.75, 3.05) is 18.1 Å². The molecule has 0 spiro atoms. The van der Waals surface area contributed by atoms with Crippen molar-refractivity contribution in [2.45, 2.75) is 26.9 Å². The van der Waals surface area contributed by atoms with Crippen LogP contribution in [-0.4, -0.2) is 25.0 Å². The van der Waals surface area contributed by atoms with Crippen LogP contribution in [0.5, 0.6) is 5.75 Å². The number of nitriles is 1. The van der Waals surface area contributed by atoms with E-state index in [1.54, 1.807) is 6.07 Å². The first-order chi connectivity index (χ1) is 15.5. The fourth-order valence-corrected chi connectivity index (χ4v) is 3.18. The van der Waals surface area contributed by atoms with Gasteiger partial charge in [-0.1, -0.05) is 24.3 Å².